The molecule has 1 atom stereocenters. The molecule has 20 heavy (non-hydrogen) atoms. The molecule has 0 spiro atoms. The maximum absolute atomic E-state index is 9.56. The number of anilines is 1. The van der Waals surface area contributed by atoms with Gasteiger partial charge in [0.1, 0.15) is 17.7 Å². The van der Waals surface area contributed by atoms with Crippen molar-refractivity contribution in [1.82, 2.24) is 9.97 Å². The topological polar surface area (TPSA) is 69.5 Å². The summed E-state index contributed by atoms with van der Waals surface area (Å²) >= 11 is 0. The van der Waals surface area contributed by atoms with Crippen LogP contribution in [0.3, 0.4) is 0 Å². The molecule has 104 valence electrons. The van der Waals surface area contributed by atoms with Gasteiger partial charge in [0.15, 0.2) is 5.82 Å². The van der Waals surface area contributed by atoms with Crippen LogP contribution in [0.15, 0.2) is 30.5 Å². The van der Waals surface area contributed by atoms with Crippen molar-refractivity contribution in [2.45, 2.75) is 26.0 Å². The maximum Gasteiger partial charge on any atom is 0.158 e. The molecule has 2 aromatic rings. The van der Waals surface area contributed by atoms with E-state index in [1.54, 1.807) is 19.2 Å². The number of aromatic nitrogens is 2. The third kappa shape index (κ3) is 2.44. The summed E-state index contributed by atoms with van der Waals surface area (Å²) < 4.78 is 0. The second-order valence-corrected chi connectivity index (χ2v) is 5.07. The molecule has 1 aromatic carbocycles. The summed E-state index contributed by atoms with van der Waals surface area (Å²) in [5.41, 5.74) is 2.39. The van der Waals surface area contributed by atoms with E-state index in [4.69, 9.17) is 0 Å². The van der Waals surface area contributed by atoms with E-state index in [9.17, 15) is 10.2 Å². The fourth-order valence-electron chi connectivity index (χ4n) is 2.48. The molecule has 5 heteroatoms. The normalized spacial score (nSPS) is 15.8. The molecule has 0 amide bonds. The first-order valence-corrected chi connectivity index (χ1v) is 6.70. The first-order valence-electron chi connectivity index (χ1n) is 6.70. The van der Waals surface area contributed by atoms with E-state index in [2.05, 4.69) is 14.9 Å². The molecule has 0 unspecified atom stereocenters. The number of hydrogen-bond donors (Lipinski definition) is 2. The molecule has 1 aliphatic rings. The highest BCUT2D eigenvalue weighted by atomic mass is 16.3. The fraction of sp³-hybridized carbons (Fsp3) is 0.333. The minimum atomic E-state index is -0.663. The monoisotopic (exact) mass is 271 g/mol. The molecule has 0 radical (unpaired) electrons. The summed E-state index contributed by atoms with van der Waals surface area (Å²) in [6, 6.07) is 7.35. The van der Waals surface area contributed by atoms with Crippen LogP contribution in [-0.2, 0) is 13.0 Å². The summed E-state index contributed by atoms with van der Waals surface area (Å²) in [7, 11) is 0. The van der Waals surface area contributed by atoms with Crippen LogP contribution in [-0.4, -0.2) is 26.7 Å². The summed E-state index contributed by atoms with van der Waals surface area (Å²) in [4.78, 5) is 10.6. The predicted octanol–water partition coefficient (Wildman–Crippen LogP) is 1.80. The smallest absolute Gasteiger partial charge is 0.158 e. The molecule has 2 N–H and O–H groups in total. The second-order valence-electron chi connectivity index (χ2n) is 5.07. The molecule has 1 aromatic heterocycles. The standard InChI is InChI=1S/C15H17N3O2/c1-10(19)15-16-6-4-14(17-15)18-7-5-11-8-13(20)3-2-12(11)9-18/h2-4,6,8,10,19-20H,5,7,9H2,1H3/t10-/m1/s1. The van der Waals surface area contributed by atoms with Crippen molar-refractivity contribution in [2.24, 2.45) is 0 Å². The SMILES string of the molecule is C[C@@H](O)c1nccc(N2CCc3cc(O)ccc3C2)n1. The van der Waals surface area contributed by atoms with Crippen molar-refractivity contribution in [3.63, 3.8) is 0 Å². The zero-order valence-electron chi connectivity index (χ0n) is 11.3. The van der Waals surface area contributed by atoms with Gasteiger partial charge >= 0.3 is 0 Å². The van der Waals surface area contributed by atoms with Crippen LogP contribution in [0.5, 0.6) is 5.75 Å². The van der Waals surface area contributed by atoms with Gasteiger partial charge in [-0.05, 0) is 42.7 Å². The first kappa shape index (κ1) is 12.9. The van der Waals surface area contributed by atoms with Crippen molar-refractivity contribution in [3.8, 4) is 5.75 Å². The van der Waals surface area contributed by atoms with Crippen LogP contribution >= 0.6 is 0 Å². The summed E-state index contributed by atoms with van der Waals surface area (Å²) in [6.45, 7) is 3.26. The Bertz CT molecular complexity index is 628. The van der Waals surface area contributed by atoms with E-state index >= 15 is 0 Å². The number of aromatic hydroxyl groups is 1. The van der Waals surface area contributed by atoms with Crippen LogP contribution in [0.2, 0.25) is 0 Å². The number of nitrogens with zero attached hydrogens (tertiary/aromatic N) is 3. The molecule has 1 aliphatic heterocycles. The molecule has 0 saturated carbocycles. The lowest BCUT2D eigenvalue weighted by atomic mass is 9.99. The third-order valence-electron chi connectivity index (χ3n) is 3.56. The van der Waals surface area contributed by atoms with E-state index in [0.717, 1.165) is 25.3 Å². The number of aliphatic hydroxyl groups excluding tert-OH is 1. The van der Waals surface area contributed by atoms with Gasteiger partial charge in [-0.3, -0.25) is 0 Å². The molecule has 2 heterocycles. The van der Waals surface area contributed by atoms with E-state index in [1.165, 1.54) is 11.1 Å². The lowest BCUT2D eigenvalue weighted by Crippen LogP contribution is -2.31. The zero-order valence-corrected chi connectivity index (χ0v) is 11.3. The number of aliphatic hydroxyl groups is 1. The Labute approximate surface area is 117 Å². The number of fused-ring (bicyclic) bond motifs is 1. The quantitative estimate of drug-likeness (QED) is 0.871. The molecule has 0 aliphatic carbocycles. The molecular weight excluding hydrogens is 254 g/mol. The Morgan fingerprint density at radius 2 is 2.10 bits per heavy atom. The van der Waals surface area contributed by atoms with Crippen LogP contribution in [0.25, 0.3) is 0 Å². The Hall–Kier alpha value is -2.14. The van der Waals surface area contributed by atoms with E-state index in [0.29, 0.717) is 11.6 Å². The molecular formula is C15H17N3O2. The highest BCUT2D eigenvalue weighted by Gasteiger charge is 2.18. The Morgan fingerprint density at radius 1 is 1.25 bits per heavy atom. The highest BCUT2D eigenvalue weighted by Crippen LogP contribution is 2.26. The number of rotatable bonds is 2. The molecule has 3 rings (SSSR count). The van der Waals surface area contributed by atoms with E-state index in [1.807, 2.05) is 18.2 Å². The maximum atomic E-state index is 9.56. The van der Waals surface area contributed by atoms with Crippen LogP contribution in [0, 0.1) is 0 Å². The predicted molar refractivity (Wildman–Crippen MR) is 75.5 cm³/mol. The Kier molecular flexibility index (Phi) is 3.28. The van der Waals surface area contributed by atoms with Gasteiger partial charge in [0.25, 0.3) is 0 Å². The van der Waals surface area contributed by atoms with Gasteiger partial charge < -0.3 is 15.1 Å². The van der Waals surface area contributed by atoms with E-state index in [-0.39, 0.29) is 0 Å². The zero-order chi connectivity index (χ0) is 14.1. The minimum absolute atomic E-state index is 0.315. The largest absolute Gasteiger partial charge is 0.508 e. The number of phenolic OH excluding ortho intramolecular Hbond substituents is 1. The summed E-state index contributed by atoms with van der Waals surface area (Å²) in [5.74, 6) is 1.59. The number of phenols is 1. The lowest BCUT2D eigenvalue weighted by Gasteiger charge is -2.30. The second kappa shape index (κ2) is 5.09. The molecule has 0 saturated heterocycles. The summed E-state index contributed by atoms with van der Waals surface area (Å²) in [6.07, 6.45) is 1.89. The molecule has 0 bridgehead atoms. The molecule has 0 fully saturated rings. The van der Waals surface area contributed by atoms with Gasteiger partial charge in [-0.15, -0.1) is 0 Å². The Morgan fingerprint density at radius 3 is 2.90 bits per heavy atom. The van der Waals surface area contributed by atoms with Gasteiger partial charge in [0.05, 0.1) is 0 Å². The van der Waals surface area contributed by atoms with Gasteiger partial charge in [-0.1, -0.05) is 6.07 Å². The van der Waals surface area contributed by atoms with Crippen LogP contribution < -0.4 is 4.90 Å². The lowest BCUT2D eigenvalue weighted by molar-refractivity contribution is 0.189. The van der Waals surface area contributed by atoms with Gasteiger partial charge in [-0.25, -0.2) is 9.97 Å². The van der Waals surface area contributed by atoms with Crippen molar-refractivity contribution in [2.75, 3.05) is 11.4 Å². The van der Waals surface area contributed by atoms with Crippen molar-refractivity contribution in [3.05, 3.63) is 47.4 Å². The third-order valence-corrected chi connectivity index (χ3v) is 3.56. The Balaban J connectivity index is 1.86. The van der Waals surface area contributed by atoms with Gasteiger partial charge in [-0.2, -0.15) is 0 Å². The first-order chi connectivity index (χ1) is 9.63. The van der Waals surface area contributed by atoms with Crippen molar-refractivity contribution >= 4 is 5.82 Å². The average Bonchev–Trinajstić information content (AvgIpc) is 2.47. The van der Waals surface area contributed by atoms with Crippen LogP contribution in [0.4, 0.5) is 5.82 Å². The highest BCUT2D eigenvalue weighted by molar-refractivity contribution is 5.45. The minimum Gasteiger partial charge on any atom is -0.508 e. The fourth-order valence-corrected chi connectivity index (χ4v) is 2.48. The number of benzene rings is 1. The van der Waals surface area contributed by atoms with E-state index < -0.39 is 6.10 Å². The number of hydrogen-bond acceptors (Lipinski definition) is 5. The van der Waals surface area contributed by atoms with Gasteiger partial charge in [0, 0.05) is 19.3 Å². The van der Waals surface area contributed by atoms with Crippen molar-refractivity contribution < 1.29 is 10.2 Å². The van der Waals surface area contributed by atoms with Crippen molar-refractivity contribution in [1.29, 1.82) is 0 Å². The van der Waals surface area contributed by atoms with Gasteiger partial charge in [0.2, 0.25) is 0 Å². The summed E-state index contributed by atoms with van der Waals surface area (Å²) in [5, 5.41) is 19.1. The average molecular weight is 271 g/mol. The molecule has 5 nitrogen and oxygen atoms in total. The van der Waals surface area contributed by atoms with Crippen LogP contribution in [0.1, 0.15) is 30.0 Å².